The minimum atomic E-state index is -0.791. The summed E-state index contributed by atoms with van der Waals surface area (Å²) in [6.07, 6.45) is -0.222. The molecule has 2 aromatic carbocycles. The molecule has 8 heteroatoms. The molecule has 0 bridgehead atoms. The van der Waals surface area contributed by atoms with Gasteiger partial charge in [0.15, 0.2) is 6.61 Å². The maximum atomic E-state index is 12.2. The van der Waals surface area contributed by atoms with Crippen LogP contribution in [0.1, 0.15) is 55.6 Å². The van der Waals surface area contributed by atoms with Crippen molar-refractivity contribution in [3.05, 3.63) is 59.2 Å². The summed E-state index contributed by atoms with van der Waals surface area (Å²) in [5.41, 5.74) is 2.54. The molecule has 0 aliphatic carbocycles. The number of ether oxygens (including phenoxy) is 3. The molecule has 0 aliphatic heterocycles. The molecular formula is C26H34N2O6. The van der Waals surface area contributed by atoms with Gasteiger partial charge in [0, 0.05) is 18.7 Å². The minimum Gasteiger partial charge on any atom is -0.483 e. The Balaban J connectivity index is 1.69. The van der Waals surface area contributed by atoms with Gasteiger partial charge in [-0.3, -0.25) is 9.59 Å². The number of carbonyl (C=O) groups is 3. The van der Waals surface area contributed by atoms with Gasteiger partial charge in [-0.2, -0.15) is 0 Å². The molecule has 0 unspecified atom stereocenters. The first-order valence-electron chi connectivity index (χ1n) is 11.3. The average molecular weight is 471 g/mol. The molecule has 34 heavy (non-hydrogen) atoms. The highest BCUT2D eigenvalue weighted by molar-refractivity contribution is 5.94. The number of hydrogen-bond acceptors (Lipinski definition) is 6. The monoisotopic (exact) mass is 470 g/mol. The first-order valence-corrected chi connectivity index (χ1v) is 11.3. The van der Waals surface area contributed by atoms with Gasteiger partial charge in [-0.1, -0.05) is 38.5 Å². The summed E-state index contributed by atoms with van der Waals surface area (Å²) < 4.78 is 15.4. The number of rotatable bonds is 10. The third-order valence-corrected chi connectivity index (χ3v) is 4.84. The highest BCUT2D eigenvalue weighted by atomic mass is 16.7. The van der Waals surface area contributed by atoms with Crippen molar-refractivity contribution in [2.45, 2.75) is 46.5 Å². The van der Waals surface area contributed by atoms with Gasteiger partial charge in [-0.05, 0) is 61.6 Å². The molecule has 0 spiro atoms. The van der Waals surface area contributed by atoms with E-state index in [9.17, 15) is 14.4 Å². The lowest BCUT2D eigenvalue weighted by Gasteiger charge is -2.23. The lowest BCUT2D eigenvalue weighted by Crippen LogP contribution is -2.32. The van der Waals surface area contributed by atoms with Gasteiger partial charge in [-0.15, -0.1) is 0 Å². The number of amides is 2. The van der Waals surface area contributed by atoms with Crippen molar-refractivity contribution in [1.82, 2.24) is 10.6 Å². The van der Waals surface area contributed by atoms with Crippen LogP contribution >= 0.6 is 0 Å². The maximum absolute atomic E-state index is 12.2. The van der Waals surface area contributed by atoms with E-state index in [1.165, 1.54) is 12.1 Å². The first kappa shape index (κ1) is 26.7. The summed E-state index contributed by atoms with van der Waals surface area (Å²) >= 11 is 0. The second-order valence-electron chi connectivity index (χ2n) is 8.81. The molecule has 184 valence electrons. The predicted molar refractivity (Wildman–Crippen MR) is 129 cm³/mol. The maximum Gasteiger partial charge on any atom is 0.513 e. The normalized spacial score (nSPS) is 10.9. The SMILES string of the molecule is CCOC(=O)Oc1ccc(C(=O)NCCCNC(=O)COc2ccc(C)cc2C(C)(C)C)cc1. The minimum absolute atomic E-state index is 0.0707. The van der Waals surface area contributed by atoms with Crippen molar-refractivity contribution in [1.29, 1.82) is 0 Å². The predicted octanol–water partition coefficient (Wildman–Crippen LogP) is 4.14. The van der Waals surface area contributed by atoms with Crippen LogP contribution in [-0.2, 0) is 14.9 Å². The van der Waals surface area contributed by atoms with Crippen LogP contribution in [0.4, 0.5) is 4.79 Å². The fraction of sp³-hybridized carbons (Fsp3) is 0.423. The van der Waals surface area contributed by atoms with Gasteiger partial charge >= 0.3 is 6.16 Å². The largest absolute Gasteiger partial charge is 0.513 e. The van der Waals surface area contributed by atoms with Gasteiger partial charge in [-0.25, -0.2) is 4.79 Å². The van der Waals surface area contributed by atoms with E-state index in [4.69, 9.17) is 14.2 Å². The molecule has 2 rings (SSSR count). The van der Waals surface area contributed by atoms with E-state index in [0.717, 1.165) is 11.1 Å². The zero-order valence-electron chi connectivity index (χ0n) is 20.5. The fourth-order valence-electron chi connectivity index (χ4n) is 3.09. The van der Waals surface area contributed by atoms with E-state index in [1.54, 1.807) is 19.1 Å². The third-order valence-electron chi connectivity index (χ3n) is 4.84. The number of aryl methyl sites for hydroxylation is 1. The van der Waals surface area contributed by atoms with Crippen LogP contribution in [-0.4, -0.2) is 44.3 Å². The lowest BCUT2D eigenvalue weighted by atomic mass is 9.85. The summed E-state index contributed by atoms with van der Waals surface area (Å²) in [5.74, 6) is 0.523. The molecule has 8 nitrogen and oxygen atoms in total. The Morgan fingerprint density at radius 2 is 1.62 bits per heavy atom. The second kappa shape index (κ2) is 12.6. The molecule has 0 atom stereocenters. The summed E-state index contributed by atoms with van der Waals surface area (Å²) in [7, 11) is 0. The Morgan fingerprint density at radius 3 is 2.26 bits per heavy atom. The fourth-order valence-corrected chi connectivity index (χ4v) is 3.09. The molecule has 2 amide bonds. The number of benzene rings is 2. The zero-order valence-corrected chi connectivity index (χ0v) is 20.5. The van der Waals surface area contributed by atoms with Gasteiger partial charge in [0.2, 0.25) is 0 Å². The van der Waals surface area contributed by atoms with Crippen LogP contribution in [0.3, 0.4) is 0 Å². The zero-order chi connectivity index (χ0) is 25.1. The van der Waals surface area contributed by atoms with Gasteiger partial charge in [0.25, 0.3) is 11.8 Å². The van der Waals surface area contributed by atoms with Crippen LogP contribution in [0.5, 0.6) is 11.5 Å². The standard InChI is InChI=1S/C26H34N2O6/c1-6-32-25(31)34-20-11-9-19(10-12-20)24(30)28-15-7-14-27-23(29)17-33-22-13-8-18(2)16-21(22)26(3,4)5/h8-13,16H,6-7,14-15,17H2,1-5H3,(H,27,29)(H,28,30). The molecule has 0 fully saturated rings. The number of nitrogens with one attached hydrogen (secondary N) is 2. The average Bonchev–Trinajstić information content (AvgIpc) is 2.78. The van der Waals surface area contributed by atoms with E-state index >= 15 is 0 Å². The molecule has 0 radical (unpaired) electrons. The van der Waals surface area contributed by atoms with E-state index < -0.39 is 6.16 Å². The molecule has 0 saturated heterocycles. The summed E-state index contributed by atoms with van der Waals surface area (Å²) in [6.45, 7) is 11.0. The van der Waals surface area contributed by atoms with Crippen molar-refractivity contribution in [3.8, 4) is 11.5 Å². The molecule has 2 N–H and O–H groups in total. The Labute approximate surface area is 201 Å². The van der Waals surface area contributed by atoms with Crippen molar-refractivity contribution < 1.29 is 28.6 Å². The third kappa shape index (κ3) is 8.77. The summed E-state index contributed by atoms with van der Waals surface area (Å²) in [4.78, 5) is 35.7. The lowest BCUT2D eigenvalue weighted by molar-refractivity contribution is -0.123. The molecule has 0 aromatic heterocycles. The highest BCUT2D eigenvalue weighted by Gasteiger charge is 2.19. The van der Waals surface area contributed by atoms with Crippen molar-refractivity contribution in [3.63, 3.8) is 0 Å². The first-order chi connectivity index (χ1) is 16.1. The quantitative estimate of drug-likeness (QED) is 0.307. The van der Waals surface area contributed by atoms with Crippen molar-refractivity contribution in [2.24, 2.45) is 0 Å². The molecule has 2 aromatic rings. The smallest absolute Gasteiger partial charge is 0.483 e. The number of carbonyl (C=O) groups excluding carboxylic acids is 3. The van der Waals surface area contributed by atoms with Crippen LogP contribution in [0.2, 0.25) is 0 Å². The molecular weight excluding hydrogens is 436 g/mol. The Kier molecular flexibility index (Phi) is 9.92. The summed E-state index contributed by atoms with van der Waals surface area (Å²) in [5, 5.41) is 5.58. The van der Waals surface area contributed by atoms with Crippen molar-refractivity contribution in [2.75, 3.05) is 26.3 Å². The Morgan fingerprint density at radius 1 is 0.941 bits per heavy atom. The van der Waals surface area contributed by atoms with E-state index in [0.29, 0.717) is 36.6 Å². The van der Waals surface area contributed by atoms with Crippen LogP contribution in [0.15, 0.2) is 42.5 Å². The summed E-state index contributed by atoms with van der Waals surface area (Å²) in [6, 6.07) is 12.1. The van der Waals surface area contributed by atoms with Crippen LogP contribution < -0.4 is 20.1 Å². The van der Waals surface area contributed by atoms with Gasteiger partial charge < -0.3 is 24.8 Å². The van der Waals surface area contributed by atoms with Crippen LogP contribution in [0, 0.1) is 6.92 Å². The second-order valence-corrected chi connectivity index (χ2v) is 8.81. The van der Waals surface area contributed by atoms with Gasteiger partial charge in [0.1, 0.15) is 11.5 Å². The van der Waals surface area contributed by atoms with E-state index in [1.807, 2.05) is 19.1 Å². The number of hydrogen-bond donors (Lipinski definition) is 2. The van der Waals surface area contributed by atoms with E-state index in [-0.39, 0.29) is 30.4 Å². The molecule has 0 heterocycles. The molecule has 0 saturated carbocycles. The van der Waals surface area contributed by atoms with Gasteiger partial charge in [0.05, 0.1) is 6.61 Å². The topological polar surface area (TPSA) is 103 Å². The highest BCUT2D eigenvalue weighted by Crippen LogP contribution is 2.32. The van der Waals surface area contributed by atoms with Crippen molar-refractivity contribution >= 4 is 18.0 Å². The molecule has 0 aliphatic rings. The van der Waals surface area contributed by atoms with Crippen LogP contribution in [0.25, 0.3) is 0 Å². The Hall–Kier alpha value is -3.55. The Bertz CT molecular complexity index is 980. The van der Waals surface area contributed by atoms with E-state index in [2.05, 4.69) is 37.5 Å².